The number of carbonyl (C=O) groups is 1. The van der Waals surface area contributed by atoms with Crippen LogP contribution in [0.1, 0.15) is 42.4 Å². The number of nitro benzene ring substituents is 1. The molecule has 0 bridgehead atoms. The maximum atomic E-state index is 13.3. The molecule has 1 aromatic heterocycles. The molecule has 2 heterocycles. The second kappa shape index (κ2) is 13.4. The standard InChI is InChI=1S/C31H31F6N5O4/c32-30(33,34)21-6-4-20(5-7-21)18-29(43)41-16-14-40(15-17-41)27-2-1-3-28(39-27)46-24-11-8-22(9-12-24)38-23-10-13-26(42(44)45)25(19-23)31(35,36)37/h1-7,10,13,19,22,24,38H,8-9,11-12,14-18H2/t22-,24-. The smallest absolute Gasteiger partial charge is 0.423 e. The van der Waals surface area contributed by atoms with Gasteiger partial charge in [0, 0.05) is 50.0 Å². The molecular formula is C31H31F6N5O4. The lowest BCUT2D eigenvalue weighted by Crippen LogP contribution is -2.49. The quantitative estimate of drug-likeness (QED) is 0.164. The number of piperazine rings is 1. The highest BCUT2D eigenvalue weighted by Crippen LogP contribution is 2.38. The number of nitrogens with zero attached hydrogens (tertiary/aromatic N) is 4. The largest absolute Gasteiger partial charge is 0.474 e. The summed E-state index contributed by atoms with van der Waals surface area (Å²) >= 11 is 0. The maximum Gasteiger partial charge on any atom is 0.423 e. The molecule has 15 heteroatoms. The van der Waals surface area contributed by atoms with Crippen molar-refractivity contribution in [3.63, 3.8) is 0 Å². The lowest BCUT2D eigenvalue weighted by atomic mass is 9.92. The maximum absolute atomic E-state index is 13.3. The van der Waals surface area contributed by atoms with Gasteiger partial charge in [-0.1, -0.05) is 18.2 Å². The SMILES string of the molecule is O=C(Cc1ccc(C(F)(F)F)cc1)N1CCN(c2cccc(O[C@H]3CC[C@H](Nc4ccc([N+](=O)[O-])c(C(F)(F)F)c4)CC3)n2)CC1. The van der Waals surface area contributed by atoms with Gasteiger partial charge >= 0.3 is 12.4 Å². The van der Waals surface area contributed by atoms with E-state index in [9.17, 15) is 41.3 Å². The molecule has 2 fully saturated rings. The fraction of sp³-hybridized carbons (Fsp3) is 0.419. The third kappa shape index (κ3) is 8.17. The molecule has 2 aliphatic rings. The average Bonchev–Trinajstić information content (AvgIpc) is 3.01. The second-order valence-corrected chi connectivity index (χ2v) is 11.3. The molecule has 46 heavy (non-hydrogen) atoms. The van der Waals surface area contributed by atoms with Crippen LogP contribution in [0.3, 0.4) is 0 Å². The molecule has 1 amide bonds. The minimum Gasteiger partial charge on any atom is -0.474 e. The highest BCUT2D eigenvalue weighted by atomic mass is 19.4. The van der Waals surface area contributed by atoms with Crippen LogP contribution in [0, 0.1) is 10.1 Å². The zero-order valence-electron chi connectivity index (χ0n) is 24.5. The Kier molecular flexibility index (Phi) is 9.58. The molecule has 5 rings (SSSR count). The number of nitrogens with one attached hydrogen (secondary N) is 1. The molecule has 9 nitrogen and oxygen atoms in total. The third-order valence-electron chi connectivity index (χ3n) is 8.13. The van der Waals surface area contributed by atoms with Crippen molar-refractivity contribution in [2.75, 3.05) is 36.4 Å². The summed E-state index contributed by atoms with van der Waals surface area (Å²) in [6.07, 6.45) is -6.93. The number of hydrogen-bond acceptors (Lipinski definition) is 7. The van der Waals surface area contributed by atoms with E-state index in [0.717, 1.165) is 24.3 Å². The fourth-order valence-electron chi connectivity index (χ4n) is 5.67. The Hall–Kier alpha value is -4.56. The van der Waals surface area contributed by atoms with Gasteiger partial charge in [-0.3, -0.25) is 14.9 Å². The van der Waals surface area contributed by atoms with Gasteiger partial charge in [-0.25, -0.2) is 0 Å². The van der Waals surface area contributed by atoms with E-state index in [1.807, 2.05) is 17.0 Å². The van der Waals surface area contributed by atoms with Gasteiger partial charge in [0.1, 0.15) is 17.5 Å². The molecule has 1 saturated heterocycles. The molecule has 0 spiro atoms. The van der Waals surface area contributed by atoms with Crippen molar-refractivity contribution < 1.29 is 40.8 Å². The summed E-state index contributed by atoms with van der Waals surface area (Å²) < 4.78 is 84.5. The lowest BCUT2D eigenvalue weighted by Gasteiger charge is -2.35. The first kappa shape index (κ1) is 32.8. The first-order valence-corrected chi connectivity index (χ1v) is 14.7. The Morgan fingerprint density at radius 1 is 0.913 bits per heavy atom. The zero-order chi connectivity index (χ0) is 33.1. The van der Waals surface area contributed by atoms with Gasteiger partial charge in [0.2, 0.25) is 11.8 Å². The number of nitro groups is 1. The Bertz CT molecular complexity index is 1530. The summed E-state index contributed by atoms with van der Waals surface area (Å²) in [5.41, 5.74) is -2.36. The van der Waals surface area contributed by atoms with Crippen LogP contribution in [0.2, 0.25) is 0 Å². The van der Waals surface area contributed by atoms with E-state index in [1.165, 1.54) is 18.2 Å². The normalized spacial score (nSPS) is 19.1. The molecule has 1 aliphatic heterocycles. The molecule has 2 aromatic carbocycles. The van der Waals surface area contributed by atoms with Gasteiger partial charge < -0.3 is 19.9 Å². The summed E-state index contributed by atoms with van der Waals surface area (Å²) in [7, 11) is 0. The Balaban J connectivity index is 1.09. The van der Waals surface area contributed by atoms with E-state index < -0.39 is 34.1 Å². The molecule has 0 radical (unpaired) electrons. The summed E-state index contributed by atoms with van der Waals surface area (Å²) in [5.74, 6) is 0.949. The van der Waals surface area contributed by atoms with Crippen molar-refractivity contribution in [1.82, 2.24) is 9.88 Å². The molecule has 0 atom stereocenters. The first-order valence-electron chi connectivity index (χ1n) is 14.7. The minimum atomic E-state index is -4.85. The number of ether oxygens (including phenoxy) is 1. The van der Waals surface area contributed by atoms with Gasteiger partial charge in [0.25, 0.3) is 5.69 Å². The van der Waals surface area contributed by atoms with E-state index in [4.69, 9.17) is 4.74 Å². The Labute approximate surface area is 260 Å². The van der Waals surface area contributed by atoms with Crippen molar-refractivity contribution in [1.29, 1.82) is 0 Å². The molecular weight excluding hydrogens is 620 g/mol. The molecule has 0 unspecified atom stereocenters. The second-order valence-electron chi connectivity index (χ2n) is 11.3. The van der Waals surface area contributed by atoms with Crippen LogP contribution in [0.4, 0.5) is 43.5 Å². The van der Waals surface area contributed by atoms with Crippen LogP contribution in [0.5, 0.6) is 5.88 Å². The van der Waals surface area contributed by atoms with Gasteiger partial charge in [-0.15, -0.1) is 0 Å². The molecule has 1 saturated carbocycles. The van der Waals surface area contributed by atoms with Gasteiger partial charge in [-0.05, 0) is 61.6 Å². The third-order valence-corrected chi connectivity index (χ3v) is 8.13. The number of anilines is 2. The van der Waals surface area contributed by atoms with Crippen LogP contribution in [0.15, 0.2) is 60.7 Å². The Morgan fingerprint density at radius 3 is 2.20 bits per heavy atom. The highest BCUT2D eigenvalue weighted by Gasteiger charge is 2.38. The summed E-state index contributed by atoms with van der Waals surface area (Å²) in [6.45, 7) is 1.90. The van der Waals surface area contributed by atoms with Crippen LogP contribution < -0.4 is 15.0 Å². The van der Waals surface area contributed by atoms with Crippen LogP contribution in [0.25, 0.3) is 0 Å². The fourth-order valence-corrected chi connectivity index (χ4v) is 5.67. The predicted molar refractivity (Wildman–Crippen MR) is 157 cm³/mol. The van der Waals surface area contributed by atoms with Crippen LogP contribution in [-0.2, 0) is 23.6 Å². The molecule has 1 aliphatic carbocycles. The van der Waals surface area contributed by atoms with Crippen molar-refractivity contribution in [3.8, 4) is 5.88 Å². The van der Waals surface area contributed by atoms with Gasteiger partial charge in [0.15, 0.2) is 0 Å². The number of hydrogen-bond donors (Lipinski definition) is 1. The van der Waals surface area contributed by atoms with Gasteiger partial charge in [-0.2, -0.15) is 31.3 Å². The zero-order valence-corrected chi connectivity index (χ0v) is 24.5. The van der Waals surface area contributed by atoms with E-state index in [1.54, 1.807) is 11.0 Å². The number of aromatic nitrogens is 1. The van der Waals surface area contributed by atoms with E-state index >= 15 is 0 Å². The van der Waals surface area contributed by atoms with E-state index in [2.05, 4.69) is 10.3 Å². The average molecular weight is 652 g/mol. The van der Waals surface area contributed by atoms with Crippen LogP contribution in [-0.4, -0.2) is 59.0 Å². The van der Waals surface area contributed by atoms with Crippen molar-refractivity contribution >= 4 is 23.1 Å². The first-order chi connectivity index (χ1) is 21.8. The number of alkyl halides is 6. The molecule has 3 aromatic rings. The van der Waals surface area contributed by atoms with Gasteiger partial charge in [0.05, 0.1) is 16.9 Å². The number of carbonyl (C=O) groups excluding carboxylic acids is 1. The summed E-state index contributed by atoms with van der Waals surface area (Å²) in [5, 5.41) is 14.1. The number of rotatable bonds is 8. The highest BCUT2D eigenvalue weighted by molar-refractivity contribution is 5.79. The monoisotopic (exact) mass is 651 g/mol. The molecule has 246 valence electrons. The predicted octanol–water partition coefficient (Wildman–Crippen LogP) is 6.72. The lowest BCUT2D eigenvalue weighted by molar-refractivity contribution is -0.388. The van der Waals surface area contributed by atoms with E-state index in [0.29, 0.717) is 69.1 Å². The van der Waals surface area contributed by atoms with Crippen molar-refractivity contribution in [2.24, 2.45) is 0 Å². The number of pyridine rings is 1. The van der Waals surface area contributed by atoms with Crippen molar-refractivity contribution in [3.05, 3.63) is 87.5 Å². The number of benzene rings is 2. The summed E-state index contributed by atoms with van der Waals surface area (Å²) in [4.78, 5) is 31.1. The number of amides is 1. The van der Waals surface area contributed by atoms with Crippen molar-refractivity contribution in [2.45, 2.75) is 56.6 Å². The Morgan fingerprint density at radius 2 is 1.59 bits per heavy atom. The molecule has 1 N–H and O–H groups in total. The summed E-state index contributed by atoms with van der Waals surface area (Å²) in [6, 6.07) is 12.8. The topological polar surface area (TPSA) is 101 Å². The number of halogens is 6. The minimum absolute atomic E-state index is 0.0138. The van der Waals surface area contributed by atoms with E-state index in [-0.39, 0.29) is 30.2 Å². The van der Waals surface area contributed by atoms with Crippen LogP contribution >= 0.6 is 0 Å².